The first-order valence-electron chi connectivity index (χ1n) is 1.44. The van der Waals surface area contributed by atoms with Crippen molar-refractivity contribution in [3.05, 3.63) is 0 Å². The predicted molar refractivity (Wildman–Crippen MR) is 32.7 cm³/mol. The lowest BCUT2D eigenvalue weighted by Crippen LogP contribution is -2.13. The van der Waals surface area contributed by atoms with Crippen molar-refractivity contribution in [1.82, 2.24) is 5.32 Å². The van der Waals surface area contributed by atoms with Crippen molar-refractivity contribution in [2.75, 3.05) is 5.88 Å². The summed E-state index contributed by atoms with van der Waals surface area (Å²) in [6, 6.07) is 0. The van der Waals surface area contributed by atoms with Crippen LogP contribution in [0.15, 0.2) is 0 Å². The Hall–Kier alpha value is 0.400. The van der Waals surface area contributed by atoms with Crippen LogP contribution in [0.2, 0.25) is 0 Å². The highest BCUT2D eigenvalue weighted by molar-refractivity contribution is 8.21. The molecule has 0 atom stereocenters. The maximum Gasteiger partial charge on any atom is 0.314 e. The van der Waals surface area contributed by atoms with E-state index in [-0.39, 0.29) is 0 Å². The standard InChI is InChI=1S/C2H3Cl2NOS/c3-2(6)5-1-7-4/h1H2,(H,5,6). The molecule has 0 saturated carbocycles. The van der Waals surface area contributed by atoms with Gasteiger partial charge in [0.1, 0.15) is 0 Å². The second-order valence-electron chi connectivity index (χ2n) is 0.704. The van der Waals surface area contributed by atoms with E-state index in [1.165, 1.54) is 0 Å². The number of halogens is 2. The van der Waals surface area contributed by atoms with Gasteiger partial charge in [0, 0.05) is 0 Å². The SMILES string of the molecule is O=C(Cl)NCSCl. The molecule has 5 heteroatoms. The van der Waals surface area contributed by atoms with Crippen molar-refractivity contribution in [3.63, 3.8) is 0 Å². The van der Waals surface area contributed by atoms with Crippen molar-refractivity contribution in [2.24, 2.45) is 0 Å². The molecule has 0 unspecified atom stereocenters. The molecule has 0 rings (SSSR count). The number of rotatable bonds is 2. The summed E-state index contributed by atoms with van der Waals surface area (Å²) in [4.78, 5) is 9.78. The Balaban J connectivity index is 2.82. The van der Waals surface area contributed by atoms with Crippen LogP contribution in [0.25, 0.3) is 0 Å². The average molecular weight is 160 g/mol. The van der Waals surface area contributed by atoms with Gasteiger partial charge in [-0.2, -0.15) is 0 Å². The van der Waals surface area contributed by atoms with Gasteiger partial charge in [-0.25, -0.2) is 0 Å². The molecule has 0 heterocycles. The minimum absolute atomic E-state index is 0.351. The molecule has 0 aromatic rings. The summed E-state index contributed by atoms with van der Waals surface area (Å²) >= 11 is 4.83. The summed E-state index contributed by atoms with van der Waals surface area (Å²) in [5.74, 6) is 0.351. The van der Waals surface area contributed by atoms with Crippen LogP contribution in [0.1, 0.15) is 0 Å². The molecule has 2 nitrogen and oxygen atoms in total. The minimum atomic E-state index is -0.576. The fourth-order valence-electron chi connectivity index (χ4n) is 0.0840. The number of nitrogens with one attached hydrogen (secondary N) is 1. The number of carbonyl (C=O) groups excluding carboxylic acids is 1. The van der Waals surface area contributed by atoms with Gasteiger partial charge in [0.15, 0.2) is 0 Å². The number of carbonyl (C=O) groups is 1. The minimum Gasteiger partial charge on any atom is -0.332 e. The summed E-state index contributed by atoms with van der Waals surface area (Å²) in [6.07, 6.45) is 0. The lowest BCUT2D eigenvalue weighted by molar-refractivity contribution is 0.261. The smallest absolute Gasteiger partial charge is 0.314 e. The van der Waals surface area contributed by atoms with Crippen molar-refractivity contribution >= 4 is 38.6 Å². The van der Waals surface area contributed by atoms with E-state index in [0.717, 1.165) is 11.0 Å². The Bertz CT molecular complexity index is 68.7. The Morgan fingerprint density at radius 2 is 2.43 bits per heavy atom. The fraction of sp³-hybridized carbons (Fsp3) is 0.500. The summed E-state index contributed by atoms with van der Waals surface area (Å²) in [6.45, 7) is 0. The molecule has 0 aliphatic heterocycles. The van der Waals surface area contributed by atoms with Crippen LogP contribution >= 0.6 is 33.3 Å². The number of hydrogen-bond donors (Lipinski definition) is 1. The van der Waals surface area contributed by atoms with E-state index >= 15 is 0 Å². The first-order chi connectivity index (χ1) is 3.27. The molecular formula is C2H3Cl2NOS. The van der Waals surface area contributed by atoms with Gasteiger partial charge in [-0.1, -0.05) is 0 Å². The molecule has 42 valence electrons. The summed E-state index contributed by atoms with van der Waals surface area (Å²) in [7, 11) is 6.07. The topological polar surface area (TPSA) is 29.1 Å². The maximum absolute atomic E-state index is 9.78. The maximum atomic E-state index is 9.78. The summed E-state index contributed by atoms with van der Waals surface area (Å²) < 4.78 is 0. The van der Waals surface area contributed by atoms with Gasteiger partial charge in [0.2, 0.25) is 0 Å². The van der Waals surface area contributed by atoms with Crippen molar-refractivity contribution in [1.29, 1.82) is 0 Å². The third-order valence-electron chi connectivity index (χ3n) is 0.266. The van der Waals surface area contributed by atoms with Crippen LogP contribution in [0, 0.1) is 0 Å². The first kappa shape index (κ1) is 7.40. The lowest BCUT2D eigenvalue weighted by Gasteiger charge is -1.89. The molecule has 7 heavy (non-hydrogen) atoms. The number of amides is 1. The summed E-state index contributed by atoms with van der Waals surface area (Å²) in [5.41, 5.74) is 0. The molecule has 0 bridgehead atoms. The zero-order chi connectivity index (χ0) is 5.70. The van der Waals surface area contributed by atoms with Gasteiger partial charge < -0.3 is 5.32 Å². The number of hydrogen-bond acceptors (Lipinski definition) is 2. The van der Waals surface area contributed by atoms with E-state index in [1.807, 2.05) is 0 Å². The van der Waals surface area contributed by atoms with Crippen molar-refractivity contribution < 1.29 is 4.79 Å². The van der Waals surface area contributed by atoms with Gasteiger partial charge in [-0.05, 0) is 33.3 Å². The third-order valence-corrected chi connectivity index (χ3v) is 0.980. The fourth-order valence-corrected chi connectivity index (χ4v) is 0.579. The van der Waals surface area contributed by atoms with Crippen LogP contribution in [-0.4, -0.2) is 11.2 Å². The monoisotopic (exact) mass is 159 g/mol. The Morgan fingerprint density at radius 1 is 1.86 bits per heavy atom. The molecule has 1 N–H and O–H groups in total. The lowest BCUT2D eigenvalue weighted by atomic mass is 11.2. The van der Waals surface area contributed by atoms with Crippen LogP contribution < -0.4 is 5.32 Å². The Kier molecular flexibility index (Phi) is 4.82. The van der Waals surface area contributed by atoms with Gasteiger partial charge in [0.25, 0.3) is 0 Å². The highest BCUT2D eigenvalue weighted by atomic mass is 35.7. The van der Waals surface area contributed by atoms with E-state index < -0.39 is 5.37 Å². The molecule has 0 aliphatic rings. The summed E-state index contributed by atoms with van der Waals surface area (Å²) in [5, 5.41) is 1.68. The first-order valence-corrected chi connectivity index (χ1v) is 3.63. The van der Waals surface area contributed by atoms with Gasteiger partial charge in [0.05, 0.1) is 5.88 Å². The van der Waals surface area contributed by atoms with E-state index in [0.29, 0.717) is 5.88 Å². The molecule has 0 aromatic heterocycles. The highest BCUT2D eigenvalue weighted by Crippen LogP contribution is 2.01. The van der Waals surface area contributed by atoms with E-state index in [2.05, 4.69) is 5.32 Å². The molecule has 1 amide bonds. The van der Waals surface area contributed by atoms with Crippen LogP contribution in [-0.2, 0) is 0 Å². The molecule has 0 aliphatic carbocycles. The largest absolute Gasteiger partial charge is 0.332 e. The highest BCUT2D eigenvalue weighted by Gasteiger charge is 1.87. The van der Waals surface area contributed by atoms with E-state index in [9.17, 15) is 4.79 Å². The molecule has 0 saturated heterocycles. The van der Waals surface area contributed by atoms with Gasteiger partial charge in [-0.15, -0.1) is 0 Å². The van der Waals surface area contributed by atoms with E-state index in [1.54, 1.807) is 0 Å². The van der Waals surface area contributed by atoms with Crippen LogP contribution in [0.4, 0.5) is 4.79 Å². The molecule has 0 radical (unpaired) electrons. The zero-order valence-corrected chi connectivity index (χ0v) is 5.61. The van der Waals surface area contributed by atoms with Gasteiger partial charge >= 0.3 is 5.37 Å². The second kappa shape index (κ2) is 4.56. The molecule has 0 aromatic carbocycles. The van der Waals surface area contributed by atoms with Gasteiger partial charge in [-0.3, -0.25) is 4.79 Å². The van der Waals surface area contributed by atoms with Crippen LogP contribution in [0.5, 0.6) is 0 Å². The van der Waals surface area contributed by atoms with E-state index in [4.69, 9.17) is 22.3 Å². The van der Waals surface area contributed by atoms with Crippen LogP contribution in [0.3, 0.4) is 0 Å². The molecule has 0 spiro atoms. The predicted octanol–water partition coefficient (Wildman–Crippen LogP) is 1.78. The third kappa shape index (κ3) is 6.40. The Labute approximate surface area is 55.0 Å². The zero-order valence-electron chi connectivity index (χ0n) is 3.28. The Morgan fingerprint density at radius 3 is 2.57 bits per heavy atom. The normalized spacial score (nSPS) is 8.29. The molecular weight excluding hydrogens is 157 g/mol. The quantitative estimate of drug-likeness (QED) is 0.379. The van der Waals surface area contributed by atoms with Crippen molar-refractivity contribution in [3.8, 4) is 0 Å². The second-order valence-corrected chi connectivity index (χ2v) is 2.21. The average Bonchev–Trinajstić information content (AvgIpc) is 1.61. The van der Waals surface area contributed by atoms with Crippen molar-refractivity contribution in [2.45, 2.75) is 0 Å². The molecule has 0 fully saturated rings.